The number of rotatable bonds is 7. The van der Waals surface area contributed by atoms with Crippen molar-refractivity contribution in [2.24, 2.45) is 5.10 Å². The van der Waals surface area contributed by atoms with Gasteiger partial charge in [0.2, 0.25) is 0 Å². The Morgan fingerprint density at radius 1 is 0.935 bits per heavy atom. The summed E-state index contributed by atoms with van der Waals surface area (Å²) in [4.78, 5) is 4.71. The summed E-state index contributed by atoms with van der Waals surface area (Å²) in [6.07, 6.45) is 1.78. The van der Waals surface area contributed by atoms with E-state index in [2.05, 4.69) is 82.3 Å². The van der Waals surface area contributed by atoms with Gasteiger partial charge in [0, 0.05) is 63.1 Å². The number of hydrogen-bond donors (Lipinski definition) is 1. The summed E-state index contributed by atoms with van der Waals surface area (Å²) in [7, 11) is 0. The fraction of sp³-hybridized carbons (Fsp3) is 0.346. The fourth-order valence-electron chi connectivity index (χ4n) is 4.25. The minimum Gasteiger partial charge on any atom is -0.507 e. The smallest absolute Gasteiger partial charge is 0.126 e. The fourth-order valence-corrected chi connectivity index (χ4v) is 4.25. The van der Waals surface area contributed by atoms with E-state index >= 15 is 0 Å². The first-order chi connectivity index (χ1) is 15.2. The Morgan fingerprint density at radius 2 is 1.68 bits per heavy atom. The van der Waals surface area contributed by atoms with Crippen LogP contribution < -0.4 is 4.90 Å². The summed E-state index contributed by atoms with van der Waals surface area (Å²) < 4.78 is 0. The molecule has 1 heterocycles. The SMILES string of the molecule is CCN(CC)c1ccc(C=NN2CCN(Cc3cccc4ccccc34)CC2)c(O)c1. The summed E-state index contributed by atoms with van der Waals surface area (Å²) in [5.74, 6) is 0.280. The number of phenolic OH excluding ortho intramolecular Hbond substituents is 1. The predicted octanol–water partition coefficient (Wildman–Crippen LogP) is 4.54. The van der Waals surface area contributed by atoms with Gasteiger partial charge in [0.15, 0.2) is 0 Å². The Labute approximate surface area is 185 Å². The lowest BCUT2D eigenvalue weighted by Crippen LogP contribution is -2.43. The average Bonchev–Trinajstić information content (AvgIpc) is 2.80. The van der Waals surface area contributed by atoms with E-state index in [1.54, 1.807) is 6.21 Å². The van der Waals surface area contributed by atoms with Crippen molar-refractivity contribution in [3.63, 3.8) is 0 Å². The lowest BCUT2D eigenvalue weighted by Gasteiger charge is -2.33. The first kappa shape index (κ1) is 21.2. The Kier molecular flexibility index (Phi) is 6.73. The molecule has 3 aromatic rings. The Morgan fingerprint density at radius 3 is 2.42 bits per heavy atom. The topological polar surface area (TPSA) is 42.3 Å². The van der Waals surface area contributed by atoms with Gasteiger partial charge < -0.3 is 10.0 Å². The van der Waals surface area contributed by atoms with Crippen molar-refractivity contribution >= 4 is 22.7 Å². The number of piperazine rings is 1. The van der Waals surface area contributed by atoms with Crippen molar-refractivity contribution in [3.05, 3.63) is 71.8 Å². The van der Waals surface area contributed by atoms with E-state index in [-0.39, 0.29) is 5.75 Å². The van der Waals surface area contributed by atoms with Crippen molar-refractivity contribution < 1.29 is 5.11 Å². The second kappa shape index (κ2) is 9.84. The van der Waals surface area contributed by atoms with Crippen molar-refractivity contribution in [2.45, 2.75) is 20.4 Å². The van der Waals surface area contributed by atoms with Gasteiger partial charge in [-0.2, -0.15) is 5.10 Å². The quantitative estimate of drug-likeness (QED) is 0.574. The number of hydrazone groups is 1. The first-order valence-electron chi connectivity index (χ1n) is 11.2. The van der Waals surface area contributed by atoms with Gasteiger partial charge in [-0.1, -0.05) is 42.5 Å². The van der Waals surface area contributed by atoms with Gasteiger partial charge in [0.1, 0.15) is 5.75 Å². The highest BCUT2D eigenvalue weighted by Gasteiger charge is 2.16. The number of hydrogen-bond acceptors (Lipinski definition) is 5. The van der Waals surface area contributed by atoms with Crippen molar-refractivity contribution in [1.82, 2.24) is 9.91 Å². The van der Waals surface area contributed by atoms with E-state index < -0.39 is 0 Å². The normalized spacial score (nSPS) is 15.1. The third-order valence-corrected chi connectivity index (χ3v) is 6.13. The third kappa shape index (κ3) is 5.00. The van der Waals surface area contributed by atoms with Gasteiger partial charge in [-0.3, -0.25) is 9.91 Å². The maximum atomic E-state index is 10.4. The van der Waals surface area contributed by atoms with E-state index in [0.717, 1.165) is 57.1 Å². The van der Waals surface area contributed by atoms with Gasteiger partial charge in [-0.15, -0.1) is 0 Å². The van der Waals surface area contributed by atoms with Gasteiger partial charge >= 0.3 is 0 Å². The maximum absolute atomic E-state index is 10.4. The summed E-state index contributed by atoms with van der Waals surface area (Å²) in [6.45, 7) is 10.8. The molecule has 1 aliphatic heterocycles. The molecule has 0 radical (unpaired) electrons. The molecule has 5 nitrogen and oxygen atoms in total. The second-order valence-corrected chi connectivity index (χ2v) is 8.03. The second-order valence-electron chi connectivity index (χ2n) is 8.03. The number of anilines is 1. The molecule has 162 valence electrons. The molecule has 1 N–H and O–H groups in total. The molecule has 4 rings (SSSR count). The van der Waals surface area contributed by atoms with Crippen LogP contribution in [-0.4, -0.2) is 60.5 Å². The monoisotopic (exact) mass is 416 g/mol. The zero-order valence-corrected chi connectivity index (χ0v) is 18.5. The van der Waals surface area contributed by atoms with Gasteiger partial charge in [0.25, 0.3) is 0 Å². The molecule has 1 fully saturated rings. The highest BCUT2D eigenvalue weighted by Crippen LogP contribution is 2.24. The molecule has 0 unspecified atom stereocenters. The lowest BCUT2D eigenvalue weighted by molar-refractivity contribution is 0.131. The molecule has 1 saturated heterocycles. The number of fused-ring (bicyclic) bond motifs is 1. The van der Waals surface area contributed by atoms with Crippen LogP contribution in [-0.2, 0) is 6.54 Å². The molecular weight excluding hydrogens is 384 g/mol. The summed E-state index contributed by atoms with van der Waals surface area (Å²) in [5.41, 5.74) is 3.18. The molecule has 0 aliphatic carbocycles. The lowest BCUT2D eigenvalue weighted by atomic mass is 10.0. The number of nitrogens with zero attached hydrogens (tertiary/aromatic N) is 4. The molecular formula is C26H32N4O. The van der Waals surface area contributed by atoms with Gasteiger partial charge in [-0.05, 0) is 42.3 Å². The molecule has 0 bridgehead atoms. The van der Waals surface area contributed by atoms with Crippen LogP contribution in [0.25, 0.3) is 10.8 Å². The molecule has 0 spiro atoms. The van der Waals surface area contributed by atoms with E-state index in [4.69, 9.17) is 0 Å². The van der Waals surface area contributed by atoms with Crippen molar-refractivity contribution in [1.29, 1.82) is 0 Å². The highest BCUT2D eigenvalue weighted by atomic mass is 16.3. The van der Waals surface area contributed by atoms with Gasteiger partial charge in [0.05, 0.1) is 6.21 Å². The van der Waals surface area contributed by atoms with Crippen LogP contribution in [0.15, 0.2) is 65.8 Å². The molecule has 0 aromatic heterocycles. The Balaban J connectivity index is 1.34. The summed E-state index contributed by atoms with van der Waals surface area (Å²) in [5, 5.41) is 19.8. The van der Waals surface area contributed by atoms with E-state index in [9.17, 15) is 5.11 Å². The molecule has 0 amide bonds. The standard InChI is InChI=1S/C26H32N4O/c1-3-29(4-2)24-13-12-22(26(31)18-24)19-27-30-16-14-28(15-17-30)20-23-10-7-9-21-8-5-6-11-25(21)23/h5-13,18-19,31H,3-4,14-17,20H2,1-2H3. The molecule has 1 aliphatic rings. The van der Waals surface area contributed by atoms with Crippen LogP contribution >= 0.6 is 0 Å². The predicted molar refractivity (Wildman–Crippen MR) is 130 cm³/mol. The van der Waals surface area contributed by atoms with E-state index in [0.29, 0.717) is 0 Å². The van der Waals surface area contributed by atoms with Crippen LogP contribution in [0.2, 0.25) is 0 Å². The number of aromatic hydroxyl groups is 1. The molecule has 31 heavy (non-hydrogen) atoms. The van der Waals surface area contributed by atoms with Crippen LogP contribution in [0.1, 0.15) is 25.0 Å². The Bertz CT molecular complexity index is 1030. The minimum atomic E-state index is 0.280. The van der Waals surface area contributed by atoms with Crippen LogP contribution in [0.3, 0.4) is 0 Å². The molecule has 3 aromatic carbocycles. The van der Waals surface area contributed by atoms with Crippen molar-refractivity contribution in [2.75, 3.05) is 44.2 Å². The largest absolute Gasteiger partial charge is 0.507 e. The third-order valence-electron chi connectivity index (χ3n) is 6.13. The zero-order valence-electron chi connectivity index (χ0n) is 18.5. The summed E-state index contributed by atoms with van der Waals surface area (Å²) in [6, 6.07) is 21.0. The first-order valence-corrected chi connectivity index (χ1v) is 11.2. The van der Waals surface area contributed by atoms with Gasteiger partial charge in [-0.25, -0.2) is 0 Å². The van der Waals surface area contributed by atoms with E-state index in [1.807, 2.05) is 12.1 Å². The molecule has 0 saturated carbocycles. The molecule has 5 heteroatoms. The average molecular weight is 417 g/mol. The summed E-state index contributed by atoms with van der Waals surface area (Å²) >= 11 is 0. The Hall–Kier alpha value is -3.05. The van der Waals surface area contributed by atoms with Crippen molar-refractivity contribution in [3.8, 4) is 5.75 Å². The van der Waals surface area contributed by atoms with Crippen LogP contribution in [0.5, 0.6) is 5.75 Å². The number of benzene rings is 3. The minimum absolute atomic E-state index is 0.280. The van der Waals surface area contributed by atoms with Crippen LogP contribution in [0.4, 0.5) is 5.69 Å². The highest BCUT2D eigenvalue weighted by molar-refractivity contribution is 5.85. The molecule has 0 atom stereocenters. The zero-order chi connectivity index (χ0) is 21.6. The maximum Gasteiger partial charge on any atom is 0.126 e. The van der Waals surface area contributed by atoms with Crippen LogP contribution in [0, 0.1) is 0 Å². The number of phenols is 1. The van der Waals surface area contributed by atoms with E-state index in [1.165, 1.54) is 16.3 Å².